The van der Waals surface area contributed by atoms with Crippen LogP contribution >= 0.6 is 15.9 Å². The van der Waals surface area contributed by atoms with Gasteiger partial charge in [0, 0.05) is 38.3 Å². The molecule has 6 heteroatoms. The van der Waals surface area contributed by atoms with Gasteiger partial charge < -0.3 is 14.5 Å². The number of anilines is 1. The van der Waals surface area contributed by atoms with Crippen molar-refractivity contribution in [2.45, 2.75) is 6.92 Å². The van der Waals surface area contributed by atoms with E-state index >= 15 is 0 Å². The van der Waals surface area contributed by atoms with Crippen LogP contribution in [0.3, 0.4) is 0 Å². The van der Waals surface area contributed by atoms with E-state index in [-0.39, 0.29) is 17.5 Å². The molecule has 3 aromatic carbocycles. The van der Waals surface area contributed by atoms with Crippen molar-refractivity contribution in [3.8, 4) is 5.75 Å². The van der Waals surface area contributed by atoms with Gasteiger partial charge in [0.15, 0.2) is 5.76 Å². The number of rotatable bonds is 5. The molecular formula is C24H18BrNO4. The van der Waals surface area contributed by atoms with Crippen molar-refractivity contribution in [2.75, 3.05) is 12.4 Å². The lowest BCUT2D eigenvalue weighted by molar-refractivity contribution is 0.101. The maximum absolute atomic E-state index is 13.0. The van der Waals surface area contributed by atoms with Gasteiger partial charge in [-0.3, -0.25) is 9.59 Å². The van der Waals surface area contributed by atoms with Crippen LogP contribution in [0.2, 0.25) is 0 Å². The lowest BCUT2D eigenvalue weighted by Crippen LogP contribution is -2.11. The number of furan rings is 1. The Morgan fingerprint density at radius 1 is 0.967 bits per heavy atom. The van der Waals surface area contributed by atoms with Crippen molar-refractivity contribution in [3.05, 3.63) is 93.7 Å². The summed E-state index contributed by atoms with van der Waals surface area (Å²) in [6, 6.07) is 19.4. The molecule has 0 aliphatic carbocycles. The summed E-state index contributed by atoms with van der Waals surface area (Å²) in [5.41, 5.74) is 2.91. The Balaban J connectivity index is 1.63. The summed E-state index contributed by atoms with van der Waals surface area (Å²) in [5.74, 6) is 0.433. The number of benzene rings is 3. The average molecular weight is 464 g/mol. The normalized spacial score (nSPS) is 10.8. The Morgan fingerprint density at radius 2 is 1.73 bits per heavy atom. The first kappa shape index (κ1) is 19.9. The molecule has 0 fully saturated rings. The molecule has 0 aliphatic rings. The van der Waals surface area contributed by atoms with E-state index in [0.717, 1.165) is 15.4 Å². The van der Waals surface area contributed by atoms with E-state index in [0.29, 0.717) is 28.1 Å². The van der Waals surface area contributed by atoms with Crippen LogP contribution in [-0.4, -0.2) is 18.8 Å². The summed E-state index contributed by atoms with van der Waals surface area (Å²) in [6.45, 7) is 1.85. The molecule has 1 amide bonds. The number of carbonyl (C=O) groups excluding carboxylic acids is 2. The molecule has 150 valence electrons. The zero-order valence-corrected chi connectivity index (χ0v) is 17.9. The van der Waals surface area contributed by atoms with Gasteiger partial charge in [-0.25, -0.2) is 0 Å². The van der Waals surface area contributed by atoms with Crippen LogP contribution in [0.1, 0.15) is 32.0 Å². The van der Waals surface area contributed by atoms with Crippen LogP contribution in [0.15, 0.2) is 75.6 Å². The molecule has 0 bridgehead atoms. The second-order valence-electron chi connectivity index (χ2n) is 6.79. The van der Waals surface area contributed by atoms with Crippen LogP contribution in [0.25, 0.3) is 11.0 Å². The topological polar surface area (TPSA) is 68.5 Å². The molecule has 1 aromatic heterocycles. The van der Waals surface area contributed by atoms with Crippen LogP contribution in [0.4, 0.5) is 5.69 Å². The predicted octanol–water partition coefficient (Wildman–Crippen LogP) is 6.00. The fraction of sp³-hybridized carbons (Fsp3) is 0.0833. The van der Waals surface area contributed by atoms with Gasteiger partial charge in [-0.2, -0.15) is 0 Å². The van der Waals surface area contributed by atoms with Gasteiger partial charge in [0.1, 0.15) is 11.3 Å². The van der Waals surface area contributed by atoms with Gasteiger partial charge in [-0.05, 0) is 55.5 Å². The summed E-state index contributed by atoms with van der Waals surface area (Å²) in [4.78, 5) is 25.4. The first-order valence-electron chi connectivity index (χ1n) is 9.25. The molecule has 0 unspecified atom stereocenters. The third kappa shape index (κ3) is 3.86. The van der Waals surface area contributed by atoms with Crippen LogP contribution in [-0.2, 0) is 0 Å². The quantitative estimate of drug-likeness (QED) is 0.368. The van der Waals surface area contributed by atoms with Gasteiger partial charge in [0.05, 0.1) is 7.11 Å². The van der Waals surface area contributed by atoms with Crippen molar-refractivity contribution in [1.29, 1.82) is 0 Å². The van der Waals surface area contributed by atoms with Crippen molar-refractivity contribution in [2.24, 2.45) is 0 Å². The highest BCUT2D eigenvalue weighted by molar-refractivity contribution is 9.10. The van der Waals surface area contributed by atoms with Gasteiger partial charge in [0.2, 0.25) is 5.78 Å². The fourth-order valence-corrected chi connectivity index (χ4v) is 3.48. The predicted molar refractivity (Wildman–Crippen MR) is 119 cm³/mol. The first-order chi connectivity index (χ1) is 14.5. The van der Waals surface area contributed by atoms with E-state index in [4.69, 9.17) is 9.15 Å². The molecule has 4 aromatic rings. The minimum absolute atomic E-state index is 0.219. The smallest absolute Gasteiger partial charge is 0.255 e. The Labute approximate surface area is 181 Å². The van der Waals surface area contributed by atoms with Gasteiger partial charge in [-0.1, -0.05) is 28.1 Å². The molecule has 1 N–H and O–H groups in total. The van der Waals surface area contributed by atoms with Gasteiger partial charge in [-0.15, -0.1) is 0 Å². The lowest BCUT2D eigenvalue weighted by Gasteiger charge is -2.05. The van der Waals surface area contributed by atoms with E-state index in [1.54, 1.807) is 55.6 Å². The Bertz CT molecular complexity index is 1260. The maximum Gasteiger partial charge on any atom is 0.255 e. The third-order valence-corrected chi connectivity index (χ3v) is 5.37. The minimum Gasteiger partial charge on any atom is -0.497 e. The highest BCUT2D eigenvalue weighted by atomic mass is 79.9. The molecule has 4 rings (SSSR count). The molecule has 0 radical (unpaired) electrons. The monoisotopic (exact) mass is 463 g/mol. The molecule has 0 spiro atoms. The molecule has 30 heavy (non-hydrogen) atoms. The van der Waals surface area contributed by atoms with Gasteiger partial charge in [0.25, 0.3) is 5.91 Å². The van der Waals surface area contributed by atoms with E-state index in [9.17, 15) is 9.59 Å². The molecule has 5 nitrogen and oxygen atoms in total. The third-order valence-electron chi connectivity index (χ3n) is 4.84. The number of carbonyl (C=O) groups is 2. The van der Waals surface area contributed by atoms with Gasteiger partial charge >= 0.3 is 0 Å². The van der Waals surface area contributed by atoms with E-state index in [1.807, 2.05) is 25.1 Å². The molecule has 0 saturated heterocycles. The van der Waals surface area contributed by atoms with Crippen molar-refractivity contribution < 1.29 is 18.7 Å². The zero-order valence-electron chi connectivity index (χ0n) is 16.4. The lowest BCUT2D eigenvalue weighted by atomic mass is 10.0. The number of fused-ring (bicyclic) bond motifs is 1. The average Bonchev–Trinajstić information content (AvgIpc) is 3.09. The standard InChI is InChI=1S/C24H18BrNO4/c1-14-20-11-10-18(26-24(28)15-6-8-17(25)9-7-15)13-21(20)30-23(14)22(27)16-4-3-5-19(12-16)29-2/h3-13H,1-2H3,(H,26,28). The SMILES string of the molecule is COc1cccc(C(=O)c2oc3cc(NC(=O)c4ccc(Br)cc4)ccc3c2C)c1. The highest BCUT2D eigenvalue weighted by Crippen LogP contribution is 2.30. The number of nitrogens with one attached hydrogen (secondary N) is 1. The summed E-state index contributed by atoms with van der Waals surface area (Å²) >= 11 is 3.36. The highest BCUT2D eigenvalue weighted by Gasteiger charge is 2.20. The number of amides is 1. The Hall–Kier alpha value is -3.38. The number of hydrogen-bond donors (Lipinski definition) is 1. The molecule has 0 saturated carbocycles. The number of ketones is 1. The summed E-state index contributed by atoms with van der Waals surface area (Å²) in [6.07, 6.45) is 0. The van der Waals surface area contributed by atoms with E-state index < -0.39 is 0 Å². The van der Waals surface area contributed by atoms with Crippen molar-refractivity contribution in [1.82, 2.24) is 0 Å². The summed E-state index contributed by atoms with van der Waals surface area (Å²) in [7, 11) is 1.56. The number of halogens is 1. The first-order valence-corrected chi connectivity index (χ1v) is 10.0. The van der Waals surface area contributed by atoms with E-state index in [1.165, 1.54) is 0 Å². The van der Waals surface area contributed by atoms with Crippen molar-refractivity contribution >= 4 is 44.3 Å². The van der Waals surface area contributed by atoms with Crippen LogP contribution < -0.4 is 10.1 Å². The number of methoxy groups -OCH3 is 1. The summed E-state index contributed by atoms with van der Waals surface area (Å²) in [5, 5.41) is 3.68. The number of ether oxygens (including phenoxy) is 1. The molecular weight excluding hydrogens is 446 g/mol. The molecule has 0 atom stereocenters. The maximum atomic E-state index is 13.0. The Morgan fingerprint density at radius 3 is 2.47 bits per heavy atom. The zero-order chi connectivity index (χ0) is 21.3. The summed E-state index contributed by atoms with van der Waals surface area (Å²) < 4.78 is 12.0. The second-order valence-corrected chi connectivity index (χ2v) is 7.70. The van der Waals surface area contributed by atoms with Crippen molar-refractivity contribution in [3.63, 3.8) is 0 Å². The largest absolute Gasteiger partial charge is 0.497 e. The van der Waals surface area contributed by atoms with E-state index in [2.05, 4.69) is 21.2 Å². The fourth-order valence-electron chi connectivity index (χ4n) is 3.22. The van der Waals surface area contributed by atoms with Crippen LogP contribution in [0, 0.1) is 6.92 Å². The number of aryl methyl sites for hydroxylation is 1. The molecule has 1 heterocycles. The molecule has 0 aliphatic heterocycles. The minimum atomic E-state index is -0.224. The Kier molecular flexibility index (Phi) is 5.42. The number of hydrogen-bond acceptors (Lipinski definition) is 4. The van der Waals surface area contributed by atoms with Crippen LogP contribution in [0.5, 0.6) is 5.75 Å². The second kappa shape index (κ2) is 8.16.